The number of sulfonamides is 1. The van der Waals surface area contributed by atoms with Crippen LogP contribution < -0.4 is 0 Å². The molecule has 1 saturated heterocycles. The summed E-state index contributed by atoms with van der Waals surface area (Å²) < 4.78 is 27.5. The van der Waals surface area contributed by atoms with E-state index in [0.29, 0.717) is 51.4 Å². The Hall–Kier alpha value is -2.82. The van der Waals surface area contributed by atoms with Crippen molar-refractivity contribution in [2.24, 2.45) is 0 Å². The summed E-state index contributed by atoms with van der Waals surface area (Å²) in [6.07, 6.45) is 0. The Labute approximate surface area is 188 Å². The van der Waals surface area contributed by atoms with Crippen LogP contribution in [0.4, 0.5) is 5.69 Å². The predicted octanol–water partition coefficient (Wildman–Crippen LogP) is 2.58. The number of carbonyl (C=O) groups excluding carboxylic acids is 1. The standard InChI is InChI=1S/C22H28N4O5S/c1-3-24(4-2)22(27)19-8-10-21(11-9-19)32(30,31)25-14-12-23(13-15-25)17-18-6-5-7-20(16-18)26(28)29/h5-11,16H,3-4,12-15,17H2,1-2H3. The molecule has 10 heteroatoms. The highest BCUT2D eigenvalue weighted by Crippen LogP contribution is 2.21. The molecule has 0 radical (unpaired) electrons. The van der Waals surface area contributed by atoms with Crippen molar-refractivity contribution in [2.45, 2.75) is 25.3 Å². The number of nitro groups is 1. The molecule has 9 nitrogen and oxygen atoms in total. The molecule has 2 aromatic carbocycles. The molecule has 172 valence electrons. The van der Waals surface area contributed by atoms with Crippen LogP contribution in [0.25, 0.3) is 0 Å². The van der Waals surface area contributed by atoms with Crippen LogP contribution in [0.1, 0.15) is 29.8 Å². The van der Waals surface area contributed by atoms with Gasteiger partial charge in [0.1, 0.15) is 0 Å². The van der Waals surface area contributed by atoms with Crippen LogP contribution in [-0.2, 0) is 16.6 Å². The van der Waals surface area contributed by atoms with Gasteiger partial charge in [0.05, 0.1) is 9.82 Å². The Morgan fingerprint density at radius 2 is 1.66 bits per heavy atom. The molecule has 1 heterocycles. The summed E-state index contributed by atoms with van der Waals surface area (Å²) in [7, 11) is -3.66. The number of carbonyl (C=O) groups is 1. The lowest BCUT2D eigenvalue weighted by Gasteiger charge is -2.34. The summed E-state index contributed by atoms with van der Waals surface area (Å²) in [4.78, 5) is 26.9. The van der Waals surface area contributed by atoms with Crippen molar-refractivity contribution in [1.29, 1.82) is 0 Å². The smallest absolute Gasteiger partial charge is 0.269 e. The molecule has 3 rings (SSSR count). The molecule has 0 atom stereocenters. The van der Waals surface area contributed by atoms with Gasteiger partial charge < -0.3 is 4.90 Å². The minimum atomic E-state index is -3.66. The first-order valence-electron chi connectivity index (χ1n) is 10.6. The second kappa shape index (κ2) is 10.2. The van der Waals surface area contributed by atoms with E-state index in [1.165, 1.54) is 22.5 Å². The van der Waals surface area contributed by atoms with Crippen LogP contribution in [-0.4, -0.2) is 72.6 Å². The van der Waals surface area contributed by atoms with Crippen LogP contribution >= 0.6 is 0 Å². The average Bonchev–Trinajstić information content (AvgIpc) is 2.80. The normalized spacial score (nSPS) is 15.4. The molecule has 0 aliphatic carbocycles. The third kappa shape index (κ3) is 5.32. The fraction of sp³-hybridized carbons (Fsp3) is 0.409. The Morgan fingerprint density at radius 3 is 2.22 bits per heavy atom. The SMILES string of the molecule is CCN(CC)C(=O)c1ccc(S(=O)(=O)N2CCN(Cc3cccc([N+](=O)[O-])c3)CC2)cc1. The van der Waals surface area contributed by atoms with E-state index in [1.54, 1.807) is 29.2 Å². The molecule has 32 heavy (non-hydrogen) atoms. The molecule has 1 amide bonds. The van der Waals surface area contributed by atoms with Gasteiger partial charge in [-0.25, -0.2) is 8.42 Å². The van der Waals surface area contributed by atoms with Crippen LogP contribution in [0, 0.1) is 10.1 Å². The molecule has 0 unspecified atom stereocenters. The van der Waals surface area contributed by atoms with Crippen molar-refractivity contribution < 1.29 is 18.1 Å². The van der Waals surface area contributed by atoms with Gasteiger partial charge in [0.25, 0.3) is 11.6 Å². The lowest BCUT2D eigenvalue weighted by Crippen LogP contribution is -2.48. The van der Waals surface area contributed by atoms with Gasteiger partial charge in [0.15, 0.2) is 0 Å². The quantitative estimate of drug-likeness (QED) is 0.443. The zero-order valence-corrected chi connectivity index (χ0v) is 19.1. The monoisotopic (exact) mass is 460 g/mol. The molecule has 1 fully saturated rings. The van der Waals surface area contributed by atoms with Gasteiger partial charge >= 0.3 is 0 Å². The molecular weight excluding hydrogens is 432 g/mol. The van der Waals surface area contributed by atoms with Gasteiger partial charge in [0.2, 0.25) is 10.0 Å². The lowest BCUT2D eigenvalue weighted by molar-refractivity contribution is -0.384. The third-order valence-electron chi connectivity index (χ3n) is 5.65. The molecular formula is C22H28N4O5S. The summed E-state index contributed by atoms with van der Waals surface area (Å²) in [5.74, 6) is -0.117. The topological polar surface area (TPSA) is 104 Å². The van der Waals surface area contributed by atoms with E-state index in [1.807, 2.05) is 19.9 Å². The predicted molar refractivity (Wildman–Crippen MR) is 121 cm³/mol. The Balaban J connectivity index is 1.62. The first kappa shape index (κ1) is 23.8. The third-order valence-corrected chi connectivity index (χ3v) is 7.56. The Morgan fingerprint density at radius 1 is 1.03 bits per heavy atom. The molecule has 1 aliphatic heterocycles. The van der Waals surface area contributed by atoms with Crippen LogP contribution in [0.2, 0.25) is 0 Å². The van der Waals surface area contributed by atoms with E-state index < -0.39 is 14.9 Å². The van der Waals surface area contributed by atoms with Crippen LogP contribution in [0.3, 0.4) is 0 Å². The van der Waals surface area contributed by atoms with E-state index in [4.69, 9.17) is 0 Å². The minimum absolute atomic E-state index is 0.0478. The summed E-state index contributed by atoms with van der Waals surface area (Å²) >= 11 is 0. The first-order valence-corrected chi connectivity index (χ1v) is 12.1. The molecule has 1 aliphatic rings. The van der Waals surface area contributed by atoms with Crippen molar-refractivity contribution in [1.82, 2.24) is 14.1 Å². The Bertz CT molecular complexity index is 1060. The largest absolute Gasteiger partial charge is 0.339 e. The number of hydrogen-bond acceptors (Lipinski definition) is 6. The first-order chi connectivity index (χ1) is 15.3. The van der Waals surface area contributed by atoms with Gasteiger partial charge in [-0.05, 0) is 43.7 Å². The highest BCUT2D eigenvalue weighted by atomic mass is 32.2. The number of benzene rings is 2. The Kier molecular flexibility index (Phi) is 7.60. The van der Waals surface area contributed by atoms with Crippen LogP contribution in [0.15, 0.2) is 53.4 Å². The second-order valence-electron chi connectivity index (χ2n) is 7.61. The zero-order chi connectivity index (χ0) is 23.3. The van der Waals surface area contributed by atoms with Crippen molar-refractivity contribution in [2.75, 3.05) is 39.3 Å². The molecule has 0 aromatic heterocycles. The maximum absolute atomic E-state index is 13.0. The van der Waals surface area contributed by atoms with Gasteiger partial charge in [-0.3, -0.25) is 19.8 Å². The molecule has 0 spiro atoms. The number of rotatable bonds is 8. The van der Waals surface area contributed by atoms with Gasteiger partial charge in [-0.15, -0.1) is 0 Å². The van der Waals surface area contributed by atoms with E-state index in [9.17, 15) is 23.3 Å². The average molecular weight is 461 g/mol. The number of non-ortho nitro benzene ring substituents is 1. The molecule has 2 aromatic rings. The second-order valence-corrected chi connectivity index (χ2v) is 9.55. The van der Waals surface area contributed by atoms with E-state index in [0.717, 1.165) is 5.56 Å². The van der Waals surface area contributed by atoms with Crippen molar-refractivity contribution in [3.63, 3.8) is 0 Å². The minimum Gasteiger partial charge on any atom is -0.339 e. The maximum atomic E-state index is 13.0. The summed E-state index contributed by atoms with van der Waals surface area (Å²) in [6, 6.07) is 12.6. The molecule has 0 bridgehead atoms. The van der Waals surface area contributed by atoms with E-state index >= 15 is 0 Å². The van der Waals surface area contributed by atoms with Crippen molar-refractivity contribution >= 4 is 21.6 Å². The molecule has 0 saturated carbocycles. The van der Waals surface area contributed by atoms with Crippen molar-refractivity contribution in [3.8, 4) is 0 Å². The van der Waals surface area contributed by atoms with Gasteiger partial charge in [0, 0.05) is 63.5 Å². The number of nitro benzene ring substituents is 1. The maximum Gasteiger partial charge on any atom is 0.269 e. The van der Waals surface area contributed by atoms with E-state index in [-0.39, 0.29) is 16.5 Å². The zero-order valence-electron chi connectivity index (χ0n) is 18.3. The number of nitrogens with zero attached hydrogens (tertiary/aromatic N) is 4. The van der Waals surface area contributed by atoms with Crippen molar-refractivity contribution in [3.05, 3.63) is 69.8 Å². The van der Waals surface area contributed by atoms with Gasteiger partial charge in [-0.1, -0.05) is 12.1 Å². The fourth-order valence-electron chi connectivity index (χ4n) is 3.77. The highest BCUT2D eigenvalue weighted by Gasteiger charge is 2.29. The summed E-state index contributed by atoms with van der Waals surface area (Å²) in [5.41, 5.74) is 1.34. The summed E-state index contributed by atoms with van der Waals surface area (Å²) in [5, 5.41) is 11.0. The summed E-state index contributed by atoms with van der Waals surface area (Å²) in [6.45, 7) is 7.23. The van der Waals surface area contributed by atoms with Gasteiger partial charge in [-0.2, -0.15) is 4.31 Å². The highest BCUT2D eigenvalue weighted by molar-refractivity contribution is 7.89. The number of piperazine rings is 1. The van der Waals surface area contributed by atoms with Crippen LogP contribution in [0.5, 0.6) is 0 Å². The molecule has 0 N–H and O–H groups in total. The number of amides is 1. The fourth-order valence-corrected chi connectivity index (χ4v) is 5.19. The lowest BCUT2D eigenvalue weighted by atomic mass is 10.2. The number of hydrogen-bond donors (Lipinski definition) is 0. The van der Waals surface area contributed by atoms with E-state index in [2.05, 4.69) is 4.90 Å².